The van der Waals surface area contributed by atoms with Crippen molar-refractivity contribution in [1.29, 1.82) is 0 Å². The largest absolute Gasteiger partial charge is 0.476 e. The highest BCUT2D eigenvalue weighted by atomic mass is 16.5. The lowest BCUT2D eigenvalue weighted by Gasteiger charge is -2.25. The summed E-state index contributed by atoms with van der Waals surface area (Å²) in [7, 11) is 0. The molecule has 0 unspecified atom stereocenters. The van der Waals surface area contributed by atoms with E-state index >= 15 is 0 Å². The summed E-state index contributed by atoms with van der Waals surface area (Å²) in [6, 6.07) is 13.1. The predicted molar refractivity (Wildman–Crippen MR) is 96.6 cm³/mol. The van der Waals surface area contributed by atoms with Crippen molar-refractivity contribution in [2.75, 3.05) is 24.6 Å². The summed E-state index contributed by atoms with van der Waals surface area (Å²) in [5.74, 6) is 1.80. The van der Waals surface area contributed by atoms with Gasteiger partial charge >= 0.3 is 0 Å². The molecular formula is C20H25N3O. The number of pyridine rings is 1. The Labute approximate surface area is 143 Å². The van der Waals surface area contributed by atoms with Crippen LogP contribution in [0, 0.1) is 0 Å². The minimum absolute atomic E-state index is 0.192. The van der Waals surface area contributed by atoms with Crippen LogP contribution in [0.2, 0.25) is 0 Å². The van der Waals surface area contributed by atoms with Crippen LogP contribution in [0.25, 0.3) is 0 Å². The van der Waals surface area contributed by atoms with Crippen LogP contribution in [0.5, 0.6) is 5.88 Å². The highest BCUT2D eigenvalue weighted by Gasteiger charge is 2.29. The number of nitrogens with one attached hydrogen (secondary N) is 1. The maximum absolute atomic E-state index is 5.82. The molecule has 1 aromatic heterocycles. The maximum atomic E-state index is 5.82. The fourth-order valence-electron chi connectivity index (χ4n) is 3.69. The van der Waals surface area contributed by atoms with Crippen molar-refractivity contribution in [3.8, 4) is 5.88 Å². The number of anilines is 1. The highest BCUT2D eigenvalue weighted by Crippen LogP contribution is 2.35. The molecule has 24 heavy (non-hydrogen) atoms. The van der Waals surface area contributed by atoms with Crippen LogP contribution >= 0.6 is 0 Å². The summed E-state index contributed by atoms with van der Waals surface area (Å²) < 4.78 is 5.82. The summed E-state index contributed by atoms with van der Waals surface area (Å²) in [6.45, 7) is 8.98. The molecule has 1 aromatic carbocycles. The van der Waals surface area contributed by atoms with Crippen LogP contribution in [0.3, 0.4) is 0 Å². The van der Waals surface area contributed by atoms with E-state index in [0.29, 0.717) is 6.61 Å². The molecule has 0 amide bonds. The Morgan fingerprint density at radius 2 is 2.00 bits per heavy atom. The Morgan fingerprint density at radius 3 is 2.92 bits per heavy atom. The molecule has 4 rings (SSSR count). The van der Waals surface area contributed by atoms with Gasteiger partial charge in [-0.15, -0.1) is 0 Å². The highest BCUT2D eigenvalue weighted by molar-refractivity contribution is 5.47. The van der Waals surface area contributed by atoms with Crippen molar-refractivity contribution in [3.63, 3.8) is 0 Å². The maximum Gasteiger partial charge on any atom is 0.219 e. The number of ether oxygens (including phenoxy) is 1. The van der Waals surface area contributed by atoms with Gasteiger partial charge in [-0.05, 0) is 35.1 Å². The number of hydrogen-bond donors (Lipinski definition) is 1. The normalized spacial score (nSPS) is 19.5. The summed E-state index contributed by atoms with van der Waals surface area (Å²) in [4.78, 5) is 7.21. The van der Waals surface area contributed by atoms with Gasteiger partial charge < -0.3 is 15.0 Å². The van der Waals surface area contributed by atoms with Gasteiger partial charge in [0, 0.05) is 31.7 Å². The molecule has 2 aliphatic rings. The van der Waals surface area contributed by atoms with Gasteiger partial charge in [0.25, 0.3) is 0 Å². The van der Waals surface area contributed by atoms with Gasteiger partial charge in [-0.25, -0.2) is 0 Å². The Kier molecular flexibility index (Phi) is 3.93. The van der Waals surface area contributed by atoms with Gasteiger partial charge in [-0.2, -0.15) is 4.98 Å². The van der Waals surface area contributed by atoms with E-state index < -0.39 is 0 Å². The predicted octanol–water partition coefficient (Wildman–Crippen LogP) is 3.25. The van der Waals surface area contributed by atoms with Crippen LogP contribution in [0.4, 0.5) is 5.82 Å². The Hall–Kier alpha value is -2.07. The molecule has 0 radical (unpaired) electrons. The van der Waals surface area contributed by atoms with E-state index in [1.54, 1.807) is 0 Å². The van der Waals surface area contributed by atoms with Crippen LogP contribution in [-0.4, -0.2) is 24.7 Å². The summed E-state index contributed by atoms with van der Waals surface area (Å²) in [5, 5.41) is 3.36. The lowest BCUT2D eigenvalue weighted by atomic mass is 9.80. The van der Waals surface area contributed by atoms with Crippen LogP contribution in [0.15, 0.2) is 36.4 Å². The zero-order chi connectivity index (χ0) is 16.6. The molecule has 0 saturated carbocycles. The summed E-state index contributed by atoms with van der Waals surface area (Å²) in [6.07, 6.45) is 1.12. The molecule has 0 saturated heterocycles. The van der Waals surface area contributed by atoms with E-state index in [0.717, 1.165) is 49.9 Å². The number of rotatable bonds is 1. The van der Waals surface area contributed by atoms with E-state index in [4.69, 9.17) is 9.72 Å². The lowest BCUT2D eigenvalue weighted by molar-refractivity contribution is 0.314. The Bertz CT molecular complexity index is 741. The second-order valence-corrected chi connectivity index (χ2v) is 7.37. The molecule has 4 heteroatoms. The monoisotopic (exact) mass is 323 g/mol. The van der Waals surface area contributed by atoms with Crippen LogP contribution in [0.1, 0.15) is 37.0 Å². The summed E-state index contributed by atoms with van der Waals surface area (Å²) >= 11 is 0. The smallest absolute Gasteiger partial charge is 0.219 e. The first-order chi connectivity index (χ1) is 11.6. The number of hydrogen-bond acceptors (Lipinski definition) is 4. The molecule has 0 aliphatic carbocycles. The average Bonchev–Trinajstić information content (AvgIpc) is 2.90. The van der Waals surface area contributed by atoms with E-state index in [2.05, 4.69) is 60.5 Å². The van der Waals surface area contributed by atoms with Crippen molar-refractivity contribution in [2.24, 2.45) is 0 Å². The molecule has 0 atom stereocenters. The van der Waals surface area contributed by atoms with Crippen LogP contribution < -0.4 is 15.0 Å². The molecule has 126 valence electrons. The molecule has 2 aliphatic heterocycles. The second-order valence-electron chi connectivity index (χ2n) is 7.37. The molecule has 4 nitrogen and oxygen atoms in total. The van der Waals surface area contributed by atoms with Gasteiger partial charge in [-0.3, -0.25) is 0 Å². The minimum Gasteiger partial charge on any atom is -0.476 e. The van der Waals surface area contributed by atoms with Crippen molar-refractivity contribution in [2.45, 2.75) is 38.8 Å². The van der Waals surface area contributed by atoms with Crippen molar-refractivity contribution < 1.29 is 4.74 Å². The van der Waals surface area contributed by atoms with Crippen LogP contribution in [-0.2, 0) is 18.5 Å². The summed E-state index contributed by atoms with van der Waals surface area (Å²) in [5.41, 5.74) is 4.20. The minimum atomic E-state index is 0.192. The topological polar surface area (TPSA) is 37.4 Å². The van der Waals surface area contributed by atoms with Gasteiger partial charge in [0.2, 0.25) is 5.88 Å². The number of benzene rings is 1. The Morgan fingerprint density at radius 1 is 1.12 bits per heavy atom. The Balaban J connectivity index is 1.67. The van der Waals surface area contributed by atoms with Crippen molar-refractivity contribution in [3.05, 3.63) is 53.1 Å². The average molecular weight is 323 g/mol. The van der Waals surface area contributed by atoms with Crippen molar-refractivity contribution in [1.82, 2.24) is 10.3 Å². The number of aromatic nitrogens is 1. The van der Waals surface area contributed by atoms with Gasteiger partial charge in [-0.1, -0.05) is 38.1 Å². The fraction of sp³-hybridized carbons (Fsp3) is 0.450. The molecule has 0 bridgehead atoms. The fourth-order valence-corrected chi connectivity index (χ4v) is 3.69. The molecule has 0 fully saturated rings. The van der Waals surface area contributed by atoms with E-state index in [-0.39, 0.29) is 5.41 Å². The van der Waals surface area contributed by atoms with Gasteiger partial charge in [0.05, 0.1) is 0 Å². The molecule has 0 spiro atoms. The second kappa shape index (κ2) is 6.10. The molecule has 1 N–H and O–H groups in total. The lowest BCUT2D eigenvalue weighted by Crippen LogP contribution is -2.25. The van der Waals surface area contributed by atoms with Gasteiger partial charge in [0.1, 0.15) is 12.4 Å². The standard InChI is InChI=1S/C20H25N3O/c1-20(2)9-11-23(14-16-5-3-4-6-17(16)20)18-8-7-15-13-21-10-12-24-19(15)22-18/h3-8,21H,9-14H2,1-2H3. The molecule has 3 heterocycles. The van der Waals surface area contributed by atoms with E-state index in [1.165, 1.54) is 11.1 Å². The zero-order valence-corrected chi connectivity index (χ0v) is 14.5. The van der Waals surface area contributed by atoms with E-state index in [9.17, 15) is 0 Å². The third kappa shape index (κ3) is 2.86. The SMILES string of the molecule is CC1(C)CCN(c2ccc3c(n2)OCCNC3)Cc2ccccc21. The first-order valence-electron chi connectivity index (χ1n) is 8.80. The zero-order valence-electron chi connectivity index (χ0n) is 14.5. The quantitative estimate of drug-likeness (QED) is 0.874. The molecule has 2 aromatic rings. The number of nitrogens with zero attached hydrogens (tertiary/aromatic N) is 2. The van der Waals surface area contributed by atoms with Crippen molar-refractivity contribution >= 4 is 5.82 Å². The number of fused-ring (bicyclic) bond motifs is 2. The van der Waals surface area contributed by atoms with Gasteiger partial charge in [0.15, 0.2) is 0 Å². The third-order valence-electron chi connectivity index (χ3n) is 5.20. The first-order valence-corrected chi connectivity index (χ1v) is 8.80. The molecular weight excluding hydrogens is 298 g/mol. The third-order valence-corrected chi connectivity index (χ3v) is 5.20. The van der Waals surface area contributed by atoms with E-state index in [1.807, 2.05) is 0 Å². The first kappa shape index (κ1) is 15.5.